The van der Waals surface area contributed by atoms with Gasteiger partial charge >= 0.3 is 0 Å². The van der Waals surface area contributed by atoms with Gasteiger partial charge in [0, 0.05) is 25.3 Å². The molecule has 0 atom stereocenters. The molecule has 1 N–H and O–H groups in total. The van der Waals surface area contributed by atoms with Crippen molar-refractivity contribution in [2.75, 3.05) is 25.6 Å². The summed E-state index contributed by atoms with van der Waals surface area (Å²) in [4.78, 5) is 26.4. The second kappa shape index (κ2) is 8.23. The Hall–Kier alpha value is -2.71. The Labute approximate surface area is 142 Å². The quantitative estimate of drug-likeness (QED) is 0.467. The first-order valence-corrected chi connectivity index (χ1v) is 7.22. The summed E-state index contributed by atoms with van der Waals surface area (Å²) in [6.07, 6.45) is 1.41. The van der Waals surface area contributed by atoms with Crippen LogP contribution in [0.4, 0.5) is 11.4 Å². The van der Waals surface area contributed by atoms with Crippen molar-refractivity contribution in [3.8, 4) is 5.88 Å². The van der Waals surface area contributed by atoms with Gasteiger partial charge in [-0.1, -0.05) is 11.6 Å². The maximum atomic E-state index is 12.2. The lowest BCUT2D eigenvalue weighted by Crippen LogP contribution is -2.13. The highest BCUT2D eigenvalue weighted by molar-refractivity contribution is 6.34. The number of carbonyl (C=O) groups excluding carboxylic acids is 1. The van der Waals surface area contributed by atoms with Crippen LogP contribution >= 0.6 is 11.6 Å². The zero-order valence-corrected chi connectivity index (χ0v) is 13.4. The molecule has 1 aromatic carbocycles. The Morgan fingerprint density at radius 1 is 1.33 bits per heavy atom. The van der Waals surface area contributed by atoms with Gasteiger partial charge in [0.15, 0.2) is 0 Å². The summed E-state index contributed by atoms with van der Waals surface area (Å²) in [5.74, 6) is -0.183. The van der Waals surface area contributed by atoms with E-state index in [1.165, 1.54) is 18.3 Å². The highest BCUT2D eigenvalue weighted by atomic mass is 35.5. The Kier molecular flexibility index (Phi) is 6.05. The Morgan fingerprint density at radius 3 is 2.75 bits per heavy atom. The molecule has 0 aliphatic rings. The van der Waals surface area contributed by atoms with Crippen LogP contribution in [0.1, 0.15) is 10.4 Å². The molecule has 0 saturated carbocycles. The molecule has 24 heavy (non-hydrogen) atoms. The Morgan fingerprint density at radius 2 is 2.12 bits per heavy atom. The lowest BCUT2D eigenvalue weighted by molar-refractivity contribution is -0.384. The minimum absolute atomic E-state index is 0.00582. The molecule has 0 saturated heterocycles. The van der Waals surface area contributed by atoms with Gasteiger partial charge in [0.05, 0.1) is 34.0 Å². The number of hydrogen-bond donors (Lipinski definition) is 1. The predicted molar refractivity (Wildman–Crippen MR) is 87.7 cm³/mol. The van der Waals surface area contributed by atoms with Crippen LogP contribution in [0.25, 0.3) is 0 Å². The van der Waals surface area contributed by atoms with Crippen molar-refractivity contribution in [1.82, 2.24) is 4.98 Å². The number of methoxy groups -OCH3 is 1. The summed E-state index contributed by atoms with van der Waals surface area (Å²) in [6.45, 7) is 0.796. The van der Waals surface area contributed by atoms with Crippen LogP contribution in [-0.4, -0.2) is 36.1 Å². The molecule has 0 bridgehead atoms. The molecule has 1 aromatic heterocycles. The summed E-state index contributed by atoms with van der Waals surface area (Å²) in [6, 6.07) is 6.83. The van der Waals surface area contributed by atoms with Gasteiger partial charge in [-0.2, -0.15) is 0 Å². The number of non-ortho nitro benzene ring substituents is 1. The number of nitro groups is 1. The van der Waals surface area contributed by atoms with Crippen LogP contribution in [0.3, 0.4) is 0 Å². The molecular formula is C15H14ClN3O5. The fourth-order valence-corrected chi connectivity index (χ4v) is 1.97. The van der Waals surface area contributed by atoms with E-state index in [0.717, 1.165) is 6.07 Å². The zero-order chi connectivity index (χ0) is 17.5. The van der Waals surface area contributed by atoms with E-state index in [1.807, 2.05) is 0 Å². The van der Waals surface area contributed by atoms with Gasteiger partial charge in [0.1, 0.15) is 6.61 Å². The molecule has 2 rings (SSSR count). The number of rotatable bonds is 7. The van der Waals surface area contributed by atoms with Crippen LogP contribution in [0, 0.1) is 10.1 Å². The van der Waals surface area contributed by atoms with E-state index in [1.54, 1.807) is 19.2 Å². The number of ether oxygens (including phenoxy) is 2. The molecule has 8 nitrogen and oxygen atoms in total. The third-order valence-electron chi connectivity index (χ3n) is 2.94. The number of nitrogens with zero attached hydrogens (tertiary/aromatic N) is 2. The van der Waals surface area contributed by atoms with Crippen LogP contribution in [0.5, 0.6) is 5.88 Å². The summed E-state index contributed by atoms with van der Waals surface area (Å²) in [5.41, 5.74) is 0.192. The summed E-state index contributed by atoms with van der Waals surface area (Å²) >= 11 is 5.93. The van der Waals surface area contributed by atoms with Crippen LogP contribution in [-0.2, 0) is 4.74 Å². The van der Waals surface area contributed by atoms with Crippen LogP contribution < -0.4 is 10.1 Å². The van der Waals surface area contributed by atoms with Gasteiger partial charge in [-0.3, -0.25) is 14.9 Å². The van der Waals surface area contributed by atoms with Crippen molar-refractivity contribution in [3.63, 3.8) is 0 Å². The minimum atomic E-state index is -0.596. The van der Waals surface area contributed by atoms with Crippen molar-refractivity contribution in [3.05, 3.63) is 57.2 Å². The summed E-state index contributed by atoms with van der Waals surface area (Å²) < 4.78 is 10.2. The van der Waals surface area contributed by atoms with Gasteiger partial charge < -0.3 is 14.8 Å². The third-order valence-corrected chi connectivity index (χ3v) is 3.27. The Bertz CT molecular complexity index is 736. The Balaban J connectivity index is 2.07. The number of nitrogens with one attached hydrogen (secondary N) is 1. The number of pyridine rings is 1. The first-order valence-electron chi connectivity index (χ1n) is 6.84. The summed E-state index contributed by atoms with van der Waals surface area (Å²) in [5, 5.41) is 13.5. The van der Waals surface area contributed by atoms with Gasteiger partial charge in [-0.05, 0) is 12.1 Å². The molecule has 0 spiro atoms. The van der Waals surface area contributed by atoms with Crippen LogP contribution in [0.2, 0.25) is 5.02 Å². The first-order chi connectivity index (χ1) is 11.5. The molecule has 0 aliphatic carbocycles. The van der Waals surface area contributed by atoms with Crippen LogP contribution in [0.15, 0.2) is 36.5 Å². The molecule has 1 heterocycles. The molecule has 0 fully saturated rings. The monoisotopic (exact) mass is 351 g/mol. The van der Waals surface area contributed by atoms with E-state index in [4.69, 9.17) is 21.1 Å². The molecule has 0 unspecified atom stereocenters. The van der Waals surface area contributed by atoms with Crippen molar-refractivity contribution < 1.29 is 19.2 Å². The number of carbonyl (C=O) groups is 1. The van der Waals surface area contributed by atoms with E-state index >= 15 is 0 Å². The highest BCUT2D eigenvalue weighted by Crippen LogP contribution is 2.23. The molecule has 9 heteroatoms. The average Bonchev–Trinajstić information content (AvgIpc) is 2.56. The number of benzene rings is 1. The van der Waals surface area contributed by atoms with Gasteiger partial charge in [0.2, 0.25) is 5.88 Å². The third kappa shape index (κ3) is 4.64. The molecule has 2 aromatic rings. The summed E-state index contributed by atoms with van der Waals surface area (Å²) in [7, 11) is 1.56. The van der Waals surface area contributed by atoms with Crippen molar-refractivity contribution in [1.29, 1.82) is 0 Å². The SMILES string of the molecule is COCCOc1ccc(NC(=O)c2cc([N+](=O)[O-])ccc2Cl)cn1. The largest absolute Gasteiger partial charge is 0.475 e. The number of nitro benzene ring substituents is 1. The number of anilines is 1. The van der Waals surface area contributed by atoms with E-state index in [-0.39, 0.29) is 16.3 Å². The fraction of sp³-hybridized carbons (Fsp3) is 0.200. The van der Waals surface area contributed by atoms with Gasteiger partial charge in [0.25, 0.3) is 11.6 Å². The standard InChI is InChI=1S/C15H14ClN3O5/c1-23-6-7-24-14-5-2-10(9-17-14)18-15(20)12-8-11(19(21)22)3-4-13(12)16/h2-5,8-9H,6-7H2,1H3,(H,18,20). The molecule has 0 aliphatic heterocycles. The number of amides is 1. The molecule has 126 valence electrons. The predicted octanol–water partition coefficient (Wildman–Crippen LogP) is 2.92. The second-order valence-electron chi connectivity index (χ2n) is 4.60. The molecular weight excluding hydrogens is 338 g/mol. The van der Waals surface area contributed by atoms with Crippen molar-refractivity contribution in [2.24, 2.45) is 0 Å². The fourth-order valence-electron chi connectivity index (χ4n) is 1.77. The van der Waals surface area contributed by atoms with E-state index in [2.05, 4.69) is 10.3 Å². The number of halogens is 1. The second-order valence-corrected chi connectivity index (χ2v) is 5.01. The van der Waals surface area contributed by atoms with Crippen molar-refractivity contribution >= 4 is 28.9 Å². The zero-order valence-electron chi connectivity index (χ0n) is 12.7. The molecule has 0 radical (unpaired) electrons. The molecule has 1 amide bonds. The van der Waals surface area contributed by atoms with Gasteiger partial charge in [-0.25, -0.2) is 4.98 Å². The first kappa shape index (κ1) is 17.6. The highest BCUT2D eigenvalue weighted by Gasteiger charge is 2.16. The van der Waals surface area contributed by atoms with E-state index < -0.39 is 10.8 Å². The topological polar surface area (TPSA) is 104 Å². The minimum Gasteiger partial charge on any atom is -0.475 e. The van der Waals surface area contributed by atoms with Gasteiger partial charge in [-0.15, -0.1) is 0 Å². The lowest BCUT2D eigenvalue weighted by Gasteiger charge is -2.08. The normalized spacial score (nSPS) is 10.2. The lowest BCUT2D eigenvalue weighted by atomic mass is 10.2. The van der Waals surface area contributed by atoms with E-state index in [9.17, 15) is 14.9 Å². The number of hydrogen-bond acceptors (Lipinski definition) is 6. The number of aromatic nitrogens is 1. The van der Waals surface area contributed by atoms with E-state index in [0.29, 0.717) is 24.8 Å². The van der Waals surface area contributed by atoms with Crippen molar-refractivity contribution in [2.45, 2.75) is 0 Å². The smallest absolute Gasteiger partial charge is 0.270 e. The maximum absolute atomic E-state index is 12.2. The maximum Gasteiger partial charge on any atom is 0.270 e. The average molecular weight is 352 g/mol.